The predicted molar refractivity (Wildman–Crippen MR) is 75.9 cm³/mol. The van der Waals surface area contributed by atoms with Crippen molar-refractivity contribution >= 4 is 0 Å². The Hall–Kier alpha value is -1.81. The SMILES string of the molecule is CCNC(c1cccnc1)c1cc(C)nnc1CC. The molecule has 0 amide bonds. The average Bonchev–Trinajstić information content (AvgIpc) is 2.45. The smallest absolute Gasteiger partial charge is 0.0679 e. The van der Waals surface area contributed by atoms with Gasteiger partial charge in [0.05, 0.1) is 17.4 Å². The van der Waals surface area contributed by atoms with Crippen LogP contribution in [0.15, 0.2) is 30.6 Å². The third-order valence-electron chi connectivity index (χ3n) is 3.10. The predicted octanol–water partition coefficient (Wildman–Crippen LogP) is 2.44. The minimum Gasteiger partial charge on any atom is -0.306 e. The first kappa shape index (κ1) is 13.6. The van der Waals surface area contributed by atoms with Gasteiger partial charge in [-0.2, -0.15) is 10.2 Å². The van der Waals surface area contributed by atoms with Gasteiger partial charge in [-0.25, -0.2) is 0 Å². The van der Waals surface area contributed by atoms with Crippen molar-refractivity contribution in [3.63, 3.8) is 0 Å². The molecular formula is C15H20N4. The van der Waals surface area contributed by atoms with Crippen LogP contribution in [0.3, 0.4) is 0 Å². The summed E-state index contributed by atoms with van der Waals surface area (Å²) in [4.78, 5) is 4.22. The molecule has 0 spiro atoms. The molecule has 0 saturated carbocycles. The van der Waals surface area contributed by atoms with E-state index in [9.17, 15) is 0 Å². The van der Waals surface area contributed by atoms with Crippen molar-refractivity contribution in [1.29, 1.82) is 0 Å². The standard InChI is InChI=1S/C15H20N4/c1-4-14-13(9-11(3)18-19-14)15(17-5-2)12-7-6-8-16-10-12/h6-10,15,17H,4-5H2,1-3H3. The number of hydrogen-bond acceptors (Lipinski definition) is 4. The van der Waals surface area contributed by atoms with Crippen molar-refractivity contribution in [2.24, 2.45) is 0 Å². The molecule has 1 atom stereocenters. The first-order chi connectivity index (χ1) is 9.26. The van der Waals surface area contributed by atoms with Crippen molar-refractivity contribution in [3.8, 4) is 0 Å². The van der Waals surface area contributed by atoms with Crippen LogP contribution < -0.4 is 5.32 Å². The fraction of sp³-hybridized carbons (Fsp3) is 0.400. The van der Waals surface area contributed by atoms with Crippen LogP contribution in [0.25, 0.3) is 0 Å². The molecule has 4 heteroatoms. The Balaban J connectivity index is 2.47. The molecule has 0 aliphatic heterocycles. The summed E-state index contributed by atoms with van der Waals surface area (Å²) in [6, 6.07) is 6.30. The third-order valence-corrected chi connectivity index (χ3v) is 3.10. The van der Waals surface area contributed by atoms with Crippen molar-refractivity contribution in [1.82, 2.24) is 20.5 Å². The molecule has 0 aliphatic rings. The maximum absolute atomic E-state index is 4.31. The highest BCUT2D eigenvalue weighted by molar-refractivity contribution is 5.33. The number of aromatic nitrogens is 3. The average molecular weight is 256 g/mol. The molecule has 2 heterocycles. The lowest BCUT2D eigenvalue weighted by atomic mass is 9.97. The Kier molecular flexibility index (Phi) is 4.58. The number of rotatable bonds is 5. The summed E-state index contributed by atoms with van der Waals surface area (Å²) in [6.07, 6.45) is 4.58. The zero-order chi connectivity index (χ0) is 13.7. The molecule has 2 rings (SSSR count). The van der Waals surface area contributed by atoms with E-state index >= 15 is 0 Å². The highest BCUT2D eigenvalue weighted by Gasteiger charge is 2.17. The van der Waals surface area contributed by atoms with Crippen molar-refractivity contribution in [2.75, 3.05) is 6.54 Å². The third kappa shape index (κ3) is 3.15. The molecule has 4 nitrogen and oxygen atoms in total. The van der Waals surface area contributed by atoms with Gasteiger partial charge in [-0.05, 0) is 43.1 Å². The first-order valence-corrected chi connectivity index (χ1v) is 6.72. The first-order valence-electron chi connectivity index (χ1n) is 6.72. The van der Waals surface area contributed by atoms with E-state index in [2.05, 4.69) is 46.5 Å². The fourth-order valence-electron chi connectivity index (χ4n) is 2.22. The highest BCUT2D eigenvalue weighted by Crippen LogP contribution is 2.24. The summed E-state index contributed by atoms with van der Waals surface area (Å²) in [7, 11) is 0. The number of pyridine rings is 1. The van der Waals surface area contributed by atoms with Crippen molar-refractivity contribution < 1.29 is 0 Å². The van der Waals surface area contributed by atoms with Crippen molar-refractivity contribution in [2.45, 2.75) is 33.2 Å². The van der Waals surface area contributed by atoms with Crippen LogP contribution in [-0.4, -0.2) is 21.7 Å². The zero-order valence-electron chi connectivity index (χ0n) is 11.7. The molecule has 2 aromatic heterocycles. The monoisotopic (exact) mass is 256 g/mol. The lowest BCUT2D eigenvalue weighted by Gasteiger charge is -2.20. The Morgan fingerprint density at radius 3 is 2.74 bits per heavy atom. The second-order valence-electron chi connectivity index (χ2n) is 4.52. The molecule has 0 aliphatic carbocycles. The normalized spacial score (nSPS) is 12.4. The number of aryl methyl sites for hydroxylation is 2. The molecule has 0 saturated heterocycles. The van der Waals surface area contributed by atoms with E-state index in [0.717, 1.165) is 29.9 Å². The molecule has 19 heavy (non-hydrogen) atoms. The second-order valence-corrected chi connectivity index (χ2v) is 4.52. The van der Waals surface area contributed by atoms with Gasteiger partial charge in [-0.1, -0.05) is 19.9 Å². The fourth-order valence-corrected chi connectivity index (χ4v) is 2.22. The Labute approximate surface area is 114 Å². The lowest BCUT2D eigenvalue weighted by Crippen LogP contribution is -2.24. The Morgan fingerprint density at radius 1 is 1.26 bits per heavy atom. The molecule has 1 unspecified atom stereocenters. The molecule has 0 fully saturated rings. The van der Waals surface area contributed by atoms with Gasteiger partial charge in [0.2, 0.25) is 0 Å². The summed E-state index contributed by atoms with van der Waals surface area (Å²) in [5, 5.41) is 12.0. The quantitative estimate of drug-likeness (QED) is 0.892. The van der Waals surface area contributed by atoms with Crippen LogP contribution in [0.4, 0.5) is 0 Å². The summed E-state index contributed by atoms with van der Waals surface area (Å²) < 4.78 is 0. The minimum absolute atomic E-state index is 0.128. The highest BCUT2D eigenvalue weighted by atomic mass is 15.1. The largest absolute Gasteiger partial charge is 0.306 e. The Bertz CT molecular complexity index is 525. The van der Waals surface area contributed by atoms with Crippen LogP contribution in [0.2, 0.25) is 0 Å². The molecule has 1 N–H and O–H groups in total. The molecule has 2 aromatic rings. The van der Waals surface area contributed by atoms with E-state index in [1.807, 2.05) is 19.2 Å². The van der Waals surface area contributed by atoms with Gasteiger partial charge < -0.3 is 5.32 Å². The van der Waals surface area contributed by atoms with Gasteiger partial charge in [0.25, 0.3) is 0 Å². The topological polar surface area (TPSA) is 50.7 Å². The molecular weight excluding hydrogens is 236 g/mol. The van der Waals surface area contributed by atoms with Gasteiger partial charge in [-0.3, -0.25) is 4.98 Å². The Morgan fingerprint density at radius 2 is 2.11 bits per heavy atom. The van der Waals surface area contributed by atoms with Gasteiger partial charge >= 0.3 is 0 Å². The van der Waals surface area contributed by atoms with Crippen LogP contribution in [0.1, 0.15) is 42.4 Å². The molecule has 100 valence electrons. The van der Waals surface area contributed by atoms with Gasteiger partial charge in [-0.15, -0.1) is 0 Å². The van der Waals surface area contributed by atoms with Gasteiger partial charge in [0, 0.05) is 12.4 Å². The van der Waals surface area contributed by atoms with E-state index in [4.69, 9.17) is 0 Å². The zero-order valence-corrected chi connectivity index (χ0v) is 11.7. The molecule has 0 aromatic carbocycles. The van der Waals surface area contributed by atoms with Gasteiger partial charge in [0.15, 0.2) is 0 Å². The summed E-state index contributed by atoms with van der Waals surface area (Å²) in [5.74, 6) is 0. The van der Waals surface area contributed by atoms with E-state index < -0.39 is 0 Å². The van der Waals surface area contributed by atoms with E-state index in [-0.39, 0.29) is 6.04 Å². The van der Waals surface area contributed by atoms with Crippen LogP contribution >= 0.6 is 0 Å². The van der Waals surface area contributed by atoms with Crippen LogP contribution in [-0.2, 0) is 6.42 Å². The van der Waals surface area contributed by atoms with Gasteiger partial charge in [0.1, 0.15) is 0 Å². The summed E-state index contributed by atoms with van der Waals surface area (Å²) in [5.41, 5.74) is 4.34. The number of nitrogens with zero attached hydrogens (tertiary/aromatic N) is 3. The van der Waals surface area contributed by atoms with E-state index in [1.54, 1.807) is 6.20 Å². The van der Waals surface area contributed by atoms with E-state index in [0.29, 0.717) is 0 Å². The second kappa shape index (κ2) is 6.38. The van der Waals surface area contributed by atoms with E-state index in [1.165, 1.54) is 5.56 Å². The van der Waals surface area contributed by atoms with Crippen LogP contribution in [0, 0.1) is 6.92 Å². The maximum Gasteiger partial charge on any atom is 0.0679 e. The summed E-state index contributed by atoms with van der Waals surface area (Å²) in [6.45, 7) is 7.08. The number of nitrogens with one attached hydrogen (secondary N) is 1. The van der Waals surface area contributed by atoms with Crippen LogP contribution in [0.5, 0.6) is 0 Å². The molecule has 0 radical (unpaired) electrons. The maximum atomic E-state index is 4.31. The minimum atomic E-state index is 0.128. The van der Waals surface area contributed by atoms with Crippen molar-refractivity contribution in [3.05, 3.63) is 53.1 Å². The number of hydrogen-bond donors (Lipinski definition) is 1. The molecule has 0 bridgehead atoms. The summed E-state index contributed by atoms with van der Waals surface area (Å²) >= 11 is 0. The lowest BCUT2D eigenvalue weighted by molar-refractivity contribution is 0.615.